The van der Waals surface area contributed by atoms with Crippen molar-refractivity contribution in [1.82, 2.24) is 4.31 Å². The third-order valence-electron chi connectivity index (χ3n) is 5.36. The Morgan fingerprint density at radius 1 is 1.03 bits per heavy atom. The fraction of sp³-hybridized carbons (Fsp3) is 0.240. The summed E-state index contributed by atoms with van der Waals surface area (Å²) in [6, 6.07) is 15.3. The molecule has 0 aliphatic rings. The molecule has 5 nitrogen and oxygen atoms in total. The van der Waals surface area contributed by atoms with Gasteiger partial charge in [-0.15, -0.1) is 0 Å². The number of nitrogens with one attached hydrogen (secondary N) is 1. The maximum Gasteiger partial charge on any atom is 0.243 e. The van der Waals surface area contributed by atoms with Crippen molar-refractivity contribution in [3.63, 3.8) is 0 Å². The molecule has 3 rings (SSSR count). The number of carbonyl (C=O) groups is 1. The second-order valence-electron chi connectivity index (χ2n) is 8.17. The van der Waals surface area contributed by atoms with Gasteiger partial charge in [0, 0.05) is 27.8 Å². The first-order chi connectivity index (χ1) is 16.0. The second-order valence-corrected chi connectivity index (χ2v) is 11.0. The molecule has 0 aliphatic heterocycles. The highest BCUT2D eigenvalue weighted by Crippen LogP contribution is 2.29. The van der Waals surface area contributed by atoms with Crippen LogP contribution in [0, 0.1) is 12.7 Å². The Balaban J connectivity index is 1.98. The summed E-state index contributed by atoms with van der Waals surface area (Å²) in [5, 5.41) is 3.27. The summed E-state index contributed by atoms with van der Waals surface area (Å²) in [6.07, 6.45) is 0. The number of amides is 1. The zero-order chi connectivity index (χ0) is 25.0. The van der Waals surface area contributed by atoms with E-state index in [0.717, 1.165) is 15.4 Å². The number of benzene rings is 3. The van der Waals surface area contributed by atoms with Crippen LogP contribution in [0.4, 0.5) is 10.1 Å². The average molecular weight is 523 g/mol. The Morgan fingerprint density at radius 3 is 2.29 bits per heavy atom. The molecular weight excluding hydrogens is 498 g/mol. The Kier molecular flexibility index (Phi) is 8.36. The van der Waals surface area contributed by atoms with E-state index in [-0.39, 0.29) is 21.4 Å². The summed E-state index contributed by atoms with van der Waals surface area (Å²) >= 11 is 12.1. The predicted molar refractivity (Wildman–Crippen MR) is 134 cm³/mol. The lowest BCUT2D eigenvalue weighted by atomic mass is 9.98. The largest absolute Gasteiger partial charge is 0.324 e. The molecule has 0 unspecified atom stereocenters. The van der Waals surface area contributed by atoms with Crippen molar-refractivity contribution < 1.29 is 17.6 Å². The highest BCUT2D eigenvalue weighted by Gasteiger charge is 2.29. The number of halogens is 3. The second kappa shape index (κ2) is 10.9. The molecule has 3 aromatic rings. The van der Waals surface area contributed by atoms with Gasteiger partial charge in [-0.25, -0.2) is 12.8 Å². The molecule has 3 aromatic carbocycles. The molecule has 0 atom stereocenters. The number of nitrogens with zero attached hydrogens (tertiary/aromatic N) is 1. The standard InChI is InChI=1S/C25H25Cl2FN2O3S/c1-16(2)20-7-4-6-17(3)25(20)29-24(31)15-30(14-21-22(27)8-5-9-23(21)28)34(32,33)19-12-10-18(26)11-13-19/h4-13,16H,14-15H2,1-3H3,(H,29,31). The van der Waals surface area contributed by atoms with Crippen LogP contribution in [-0.2, 0) is 21.4 Å². The molecule has 0 heterocycles. The fourth-order valence-electron chi connectivity index (χ4n) is 3.52. The topological polar surface area (TPSA) is 66.5 Å². The van der Waals surface area contributed by atoms with E-state index in [1.807, 2.05) is 39.0 Å². The predicted octanol–water partition coefficient (Wildman–Crippen LogP) is 6.39. The Labute approximate surface area is 209 Å². The first-order valence-electron chi connectivity index (χ1n) is 10.6. The third kappa shape index (κ3) is 5.96. The smallest absolute Gasteiger partial charge is 0.243 e. The van der Waals surface area contributed by atoms with E-state index < -0.39 is 34.8 Å². The van der Waals surface area contributed by atoms with Crippen LogP contribution < -0.4 is 5.32 Å². The number of hydrogen-bond acceptors (Lipinski definition) is 3. The molecule has 0 radical (unpaired) electrons. The van der Waals surface area contributed by atoms with Crippen LogP contribution in [-0.4, -0.2) is 25.2 Å². The fourth-order valence-corrected chi connectivity index (χ4v) is 5.24. The Bertz CT molecular complexity index is 1280. The summed E-state index contributed by atoms with van der Waals surface area (Å²) in [5.41, 5.74) is 2.39. The maximum absolute atomic E-state index is 14.5. The van der Waals surface area contributed by atoms with Crippen molar-refractivity contribution >= 4 is 44.8 Å². The highest BCUT2D eigenvalue weighted by molar-refractivity contribution is 7.89. The lowest BCUT2D eigenvalue weighted by Gasteiger charge is -2.24. The third-order valence-corrected chi connectivity index (χ3v) is 7.77. The van der Waals surface area contributed by atoms with Gasteiger partial charge >= 0.3 is 0 Å². The van der Waals surface area contributed by atoms with E-state index in [9.17, 15) is 17.6 Å². The highest BCUT2D eigenvalue weighted by atomic mass is 35.5. The maximum atomic E-state index is 14.5. The van der Waals surface area contributed by atoms with E-state index in [0.29, 0.717) is 10.7 Å². The normalized spacial score (nSPS) is 11.8. The number of para-hydroxylation sites is 1. The van der Waals surface area contributed by atoms with Crippen molar-refractivity contribution in [1.29, 1.82) is 0 Å². The van der Waals surface area contributed by atoms with Gasteiger partial charge in [-0.2, -0.15) is 4.31 Å². The van der Waals surface area contributed by atoms with Crippen LogP contribution in [0.3, 0.4) is 0 Å². The summed E-state index contributed by atoms with van der Waals surface area (Å²) in [4.78, 5) is 13.0. The molecule has 180 valence electrons. The van der Waals surface area contributed by atoms with Gasteiger partial charge in [0.1, 0.15) is 5.82 Å². The molecule has 0 saturated carbocycles. The first kappa shape index (κ1) is 26.2. The molecular formula is C25H25Cl2FN2O3S. The summed E-state index contributed by atoms with van der Waals surface area (Å²) in [5.74, 6) is -1.08. The molecule has 1 amide bonds. The molecule has 34 heavy (non-hydrogen) atoms. The number of anilines is 1. The van der Waals surface area contributed by atoms with Gasteiger partial charge < -0.3 is 5.32 Å². The molecule has 0 spiro atoms. The van der Waals surface area contributed by atoms with E-state index in [1.165, 1.54) is 42.5 Å². The SMILES string of the molecule is Cc1cccc(C(C)C)c1NC(=O)CN(Cc1c(F)cccc1Cl)S(=O)(=O)c1ccc(Cl)cc1. The van der Waals surface area contributed by atoms with Crippen LogP contribution >= 0.6 is 23.2 Å². The van der Waals surface area contributed by atoms with Crippen LogP contribution in [0.5, 0.6) is 0 Å². The number of carbonyl (C=O) groups excluding carboxylic acids is 1. The Hall–Kier alpha value is -2.45. The Morgan fingerprint density at radius 2 is 1.68 bits per heavy atom. The van der Waals surface area contributed by atoms with Gasteiger partial charge in [0.15, 0.2) is 0 Å². The molecule has 0 aromatic heterocycles. The summed E-state index contributed by atoms with van der Waals surface area (Å²) < 4.78 is 42.3. The minimum atomic E-state index is -4.18. The molecule has 0 bridgehead atoms. The monoisotopic (exact) mass is 522 g/mol. The summed E-state index contributed by atoms with van der Waals surface area (Å²) in [6.45, 7) is 4.91. The number of rotatable bonds is 8. The van der Waals surface area contributed by atoms with Gasteiger partial charge in [-0.1, -0.05) is 61.3 Å². The zero-order valence-corrected chi connectivity index (χ0v) is 21.3. The lowest BCUT2D eigenvalue weighted by Crippen LogP contribution is -2.38. The minimum Gasteiger partial charge on any atom is -0.324 e. The van der Waals surface area contributed by atoms with E-state index >= 15 is 0 Å². The van der Waals surface area contributed by atoms with Gasteiger partial charge in [0.25, 0.3) is 0 Å². The molecule has 1 N–H and O–H groups in total. The number of aryl methyl sites for hydroxylation is 1. The van der Waals surface area contributed by atoms with Crippen molar-refractivity contribution in [2.75, 3.05) is 11.9 Å². The number of sulfonamides is 1. The zero-order valence-electron chi connectivity index (χ0n) is 19.0. The van der Waals surface area contributed by atoms with Crippen LogP contribution in [0.1, 0.15) is 36.5 Å². The van der Waals surface area contributed by atoms with Crippen LogP contribution in [0.25, 0.3) is 0 Å². The van der Waals surface area contributed by atoms with Gasteiger partial charge in [0.2, 0.25) is 15.9 Å². The van der Waals surface area contributed by atoms with Crippen molar-refractivity contribution in [2.45, 2.75) is 38.1 Å². The van der Waals surface area contributed by atoms with Gasteiger partial charge in [-0.05, 0) is 60.4 Å². The van der Waals surface area contributed by atoms with Crippen molar-refractivity contribution in [3.05, 3.63) is 93.2 Å². The minimum absolute atomic E-state index is 0.0201. The molecule has 0 fully saturated rings. The van der Waals surface area contributed by atoms with Gasteiger partial charge in [0.05, 0.1) is 11.4 Å². The van der Waals surface area contributed by atoms with Gasteiger partial charge in [-0.3, -0.25) is 4.79 Å². The van der Waals surface area contributed by atoms with E-state index in [2.05, 4.69) is 5.32 Å². The molecule has 0 saturated heterocycles. The molecule has 0 aliphatic carbocycles. The molecule has 9 heteroatoms. The first-order valence-corrected chi connectivity index (χ1v) is 12.8. The van der Waals surface area contributed by atoms with Crippen molar-refractivity contribution in [3.8, 4) is 0 Å². The summed E-state index contributed by atoms with van der Waals surface area (Å²) in [7, 11) is -4.18. The number of hydrogen-bond donors (Lipinski definition) is 1. The van der Waals surface area contributed by atoms with Crippen molar-refractivity contribution in [2.24, 2.45) is 0 Å². The van der Waals surface area contributed by atoms with E-state index in [1.54, 1.807) is 0 Å². The van der Waals surface area contributed by atoms with Crippen LogP contribution in [0.2, 0.25) is 10.0 Å². The van der Waals surface area contributed by atoms with E-state index in [4.69, 9.17) is 23.2 Å². The quantitative estimate of drug-likeness (QED) is 0.372. The lowest BCUT2D eigenvalue weighted by molar-refractivity contribution is -0.116. The van der Waals surface area contributed by atoms with Crippen LogP contribution in [0.15, 0.2) is 65.6 Å². The average Bonchev–Trinajstić information content (AvgIpc) is 2.77.